The zero-order valence-corrected chi connectivity index (χ0v) is 19.8. The van der Waals surface area contributed by atoms with Gasteiger partial charge in [0.05, 0.1) is 25.2 Å². The maximum absolute atomic E-state index is 13.5. The Bertz CT molecular complexity index is 1460. The lowest BCUT2D eigenvalue weighted by molar-refractivity contribution is -0.122. The zero-order chi connectivity index (χ0) is 24.4. The number of rotatable bonds is 8. The number of hydrogen-bond donors (Lipinski definition) is 1. The molecular formula is C26H29N5O4. The molecule has 0 fully saturated rings. The highest BCUT2D eigenvalue weighted by Crippen LogP contribution is 2.29. The molecule has 9 nitrogen and oxygen atoms in total. The third-order valence-electron chi connectivity index (χ3n) is 6.63. The lowest BCUT2D eigenvalue weighted by atomic mass is 9.88. The molecule has 1 atom stereocenters. The second kappa shape index (κ2) is 9.77. The number of nitrogens with one attached hydrogen (secondary N) is 1. The molecule has 1 unspecified atom stereocenters. The molecular weight excluding hydrogens is 446 g/mol. The van der Waals surface area contributed by atoms with Crippen molar-refractivity contribution in [1.82, 2.24) is 24.0 Å². The van der Waals surface area contributed by atoms with Crippen LogP contribution in [0.25, 0.3) is 11.2 Å². The Balaban J connectivity index is 1.50. The molecule has 182 valence electrons. The van der Waals surface area contributed by atoms with Gasteiger partial charge in [0.15, 0.2) is 11.2 Å². The average Bonchev–Trinajstić information content (AvgIpc) is 3.53. The van der Waals surface area contributed by atoms with Crippen LogP contribution in [0.4, 0.5) is 0 Å². The Morgan fingerprint density at radius 2 is 2.03 bits per heavy atom. The first kappa shape index (κ1) is 22.9. The van der Waals surface area contributed by atoms with Crippen LogP contribution in [0.2, 0.25) is 0 Å². The molecule has 0 saturated heterocycles. The summed E-state index contributed by atoms with van der Waals surface area (Å²) in [6, 6.07) is 11.5. The monoisotopic (exact) mass is 475 g/mol. The first-order valence-electron chi connectivity index (χ1n) is 12.1. The second-order valence-corrected chi connectivity index (χ2v) is 9.01. The predicted molar refractivity (Wildman–Crippen MR) is 131 cm³/mol. The van der Waals surface area contributed by atoms with Crippen LogP contribution in [0.15, 0.2) is 63.0 Å². The minimum atomic E-state index is -0.527. The number of hydrogen-bond acceptors (Lipinski definition) is 5. The van der Waals surface area contributed by atoms with Gasteiger partial charge >= 0.3 is 5.69 Å². The quantitative estimate of drug-likeness (QED) is 0.422. The van der Waals surface area contributed by atoms with Crippen molar-refractivity contribution in [3.63, 3.8) is 0 Å². The number of unbranched alkanes of at least 4 members (excludes halogenated alkanes) is 1. The molecule has 0 aliphatic heterocycles. The Morgan fingerprint density at radius 3 is 2.83 bits per heavy atom. The summed E-state index contributed by atoms with van der Waals surface area (Å²) in [7, 11) is 0. The van der Waals surface area contributed by atoms with E-state index in [2.05, 4.69) is 16.4 Å². The van der Waals surface area contributed by atoms with Crippen molar-refractivity contribution < 1.29 is 9.21 Å². The van der Waals surface area contributed by atoms with Crippen LogP contribution in [-0.4, -0.2) is 24.6 Å². The topological polar surface area (TPSA) is 104 Å². The van der Waals surface area contributed by atoms with Gasteiger partial charge < -0.3 is 14.3 Å². The number of imidazole rings is 1. The van der Waals surface area contributed by atoms with Crippen molar-refractivity contribution in [3.8, 4) is 0 Å². The maximum Gasteiger partial charge on any atom is 0.333 e. The Labute approximate surface area is 202 Å². The normalized spacial score (nSPS) is 15.3. The first-order chi connectivity index (χ1) is 17.1. The Kier molecular flexibility index (Phi) is 6.39. The fourth-order valence-corrected chi connectivity index (χ4v) is 4.87. The highest BCUT2D eigenvalue weighted by atomic mass is 16.3. The van der Waals surface area contributed by atoms with E-state index in [0.717, 1.165) is 42.2 Å². The van der Waals surface area contributed by atoms with Gasteiger partial charge in [-0.1, -0.05) is 37.6 Å². The standard InChI is InChI=1S/C26H29N5O4/c1-2-3-13-30-24-23(29(17-27-24)15-19-10-7-14-35-19)25(33)31(26(30)34)16-22(32)28-21-12-6-9-18-8-4-5-11-20(18)21/h4-5,7-8,10-11,14,17,21H,2-3,6,9,12-13,15-16H2,1H3,(H,28,32). The molecule has 1 aromatic carbocycles. The highest BCUT2D eigenvalue weighted by molar-refractivity contribution is 5.77. The molecule has 1 N–H and O–H groups in total. The maximum atomic E-state index is 13.5. The second-order valence-electron chi connectivity index (χ2n) is 9.01. The van der Waals surface area contributed by atoms with E-state index in [0.29, 0.717) is 24.5 Å². The fraction of sp³-hybridized carbons (Fsp3) is 0.385. The summed E-state index contributed by atoms with van der Waals surface area (Å²) >= 11 is 0. The number of fused-ring (bicyclic) bond motifs is 2. The molecule has 0 saturated carbocycles. The summed E-state index contributed by atoms with van der Waals surface area (Å²) in [5.74, 6) is 0.305. The van der Waals surface area contributed by atoms with Crippen LogP contribution in [-0.2, 0) is 30.8 Å². The molecule has 35 heavy (non-hydrogen) atoms. The minimum absolute atomic E-state index is 0.126. The number of aromatic nitrogens is 4. The van der Waals surface area contributed by atoms with E-state index in [9.17, 15) is 14.4 Å². The van der Waals surface area contributed by atoms with Gasteiger partial charge in [-0.2, -0.15) is 0 Å². The number of amides is 1. The van der Waals surface area contributed by atoms with Crippen LogP contribution in [0.3, 0.4) is 0 Å². The van der Waals surface area contributed by atoms with Crippen molar-refractivity contribution in [2.24, 2.45) is 0 Å². The average molecular weight is 476 g/mol. The van der Waals surface area contributed by atoms with Gasteiger partial charge in [-0.05, 0) is 48.9 Å². The van der Waals surface area contributed by atoms with E-state index in [4.69, 9.17) is 4.42 Å². The molecule has 0 spiro atoms. The zero-order valence-electron chi connectivity index (χ0n) is 19.8. The minimum Gasteiger partial charge on any atom is -0.467 e. The van der Waals surface area contributed by atoms with Gasteiger partial charge in [0.1, 0.15) is 12.3 Å². The number of furan rings is 1. The van der Waals surface area contributed by atoms with Crippen molar-refractivity contribution in [3.05, 3.63) is 86.7 Å². The van der Waals surface area contributed by atoms with Gasteiger partial charge in [-0.3, -0.25) is 14.2 Å². The third-order valence-corrected chi connectivity index (χ3v) is 6.63. The summed E-state index contributed by atoms with van der Waals surface area (Å²) in [6.45, 7) is 2.41. The van der Waals surface area contributed by atoms with E-state index in [1.807, 2.05) is 31.2 Å². The van der Waals surface area contributed by atoms with E-state index in [1.165, 1.54) is 10.1 Å². The summed E-state index contributed by atoms with van der Waals surface area (Å²) in [4.78, 5) is 44.3. The third kappa shape index (κ3) is 4.45. The van der Waals surface area contributed by atoms with Crippen molar-refractivity contribution in [1.29, 1.82) is 0 Å². The van der Waals surface area contributed by atoms with Crippen molar-refractivity contribution >= 4 is 17.1 Å². The number of aryl methyl sites for hydroxylation is 2. The number of benzene rings is 1. The lowest BCUT2D eigenvalue weighted by Crippen LogP contribution is -2.45. The summed E-state index contributed by atoms with van der Waals surface area (Å²) < 4.78 is 9.64. The number of carbonyl (C=O) groups is 1. The van der Waals surface area contributed by atoms with E-state index < -0.39 is 11.2 Å². The highest BCUT2D eigenvalue weighted by Gasteiger charge is 2.24. The number of carbonyl (C=O) groups excluding carboxylic acids is 1. The molecule has 0 bridgehead atoms. The van der Waals surface area contributed by atoms with E-state index >= 15 is 0 Å². The van der Waals surface area contributed by atoms with Crippen molar-refractivity contribution in [2.75, 3.05) is 0 Å². The molecule has 3 heterocycles. The van der Waals surface area contributed by atoms with E-state index in [-0.39, 0.29) is 24.0 Å². The Morgan fingerprint density at radius 1 is 1.17 bits per heavy atom. The summed E-state index contributed by atoms with van der Waals surface area (Å²) in [5, 5.41) is 3.05. The van der Waals surface area contributed by atoms with Crippen LogP contribution in [0.1, 0.15) is 55.5 Å². The smallest absolute Gasteiger partial charge is 0.333 e. The number of nitrogens with zero attached hydrogens (tertiary/aromatic N) is 4. The molecule has 4 aromatic rings. The summed E-state index contributed by atoms with van der Waals surface area (Å²) in [6.07, 6.45) is 7.53. The first-order valence-corrected chi connectivity index (χ1v) is 12.1. The molecule has 9 heteroatoms. The SMILES string of the molecule is CCCCn1c(=O)n(CC(=O)NC2CCCc3ccccc32)c(=O)c2c1ncn2Cc1ccco1. The molecule has 0 radical (unpaired) electrons. The molecule has 3 aromatic heterocycles. The molecule has 1 aliphatic carbocycles. The van der Waals surface area contributed by atoms with Crippen LogP contribution in [0, 0.1) is 0 Å². The van der Waals surface area contributed by atoms with Crippen molar-refractivity contribution in [2.45, 2.75) is 64.7 Å². The van der Waals surface area contributed by atoms with Gasteiger partial charge in [0.2, 0.25) is 5.91 Å². The van der Waals surface area contributed by atoms with Crippen LogP contribution >= 0.6 is 0 Å². The molecule has 1 amide bonds. The largest absolute Gasteiger partial charge is 0.467 e. The lowest BCUT2D eigenvalue weighted by Gasteiger charge is -2.26. The summed E-state index contributed by atoms with van der Waals surface area (Å²) in [5.41, 5.74) is 1.91. The predicted octanol–water partition coefficient (Wildman–Crippen LogP) is 2.99. The van der Waals surface area contributed by atoms with Crippen LogP contribution < -0.4 is 16.6 Å². The van der Waals surface area contributed by atoms with Gasteiger partial charge in [0, 0.05) is 6.54 Å². The van der Waals surface area contributed by atoms with Gasteiger partial charge in [0.25, 0.3) is 5.56 Å². The Hall–Kier alpha value is -3.88. The van der Waals surface area contributed by atoms with E-state index in [1.54, 1.807) is 23.2 Å². The van der Waals surface area contributed by atoms with Crippen LogP contribution in [0.5, 0.6) is 0 Å². The molecule has 1 aliphatic rings. The fourth-order valence-electron chi connectivity index (χ4n) is 4.87. The van der Waals surface area contributed by atoms with Gasteiger partial charge in [-0.25, -0.2) is 14.3 Å². The van der Waals surface area contributed by atoms with Gasteiger partial charge in [-0.15, -0.1) is 0 Å². The molecule has 5 rings (SSSR count).